The van der Waals surface area contributed by atoms with Gasteiger partial charge in [-0.3, -0.25) is 4.57 Å². The van der Waals surface area contributed by atoms with Crippen molar-refractivity contribution in [3.63, 3.8) is 0 Å². The molecule has 0 bridgehead atoms. The predicted octanol–water partition coefficient (Wildman–Crippen LogP) is -6.47. The van der Waals surface area contributed by atoms with Crippen LogP contribution in [0.1, 0.15) is 0 Å². The van der Waals surface area contributed by atoms with Gasteiger partial charge >= 0.3 is 43.4 Å². The topological polar surface area (TPSA) is 217 Å². The van der Waals surface area contributed by atoms with E-state index in [1.54, 1.807) is 11.6 Å². The number of aliphatic hydroxyl groups is 5. The molecule has 2 aromatic rings. The summed E-state index contributed by atoms with van der Waals surface area (Å²) in [7, 11) is 3.22. The number of nitrogens with zero attached hydrogens (tertiary/aromatic N) is 4. The number of aromatic nitrogens is 4. The van der Waals surface area contributed by atoms with E-state index in [1.807, 2.05) is 0 Å². The van der Waals surface area contributed by atoms with Gasteiger partial charge in [0.25, 0.3) is 0 Å². The van der Waals surface area contributed by atoms with Crippen LogP contribution in [0, 0.1) is 0 Å². The third kappa shape index (κ3) is 6.08. The predicted molar refractivity (Wildman–Crippen MR) is 85.1 cm³/mol. The van der Waals surface area contributed by atoms with Crippen LogP contribution in [-0.2, 0) is 18.9 Å². The summed E-state index contributed by atoms with van der Waals surface area (Å²) in [6, 6.07) is 0. The fourth-order valence-electron chi connectivity index (χ4n) is 1.88. The maximum atomic E-state index is 11.2. The first kappa shape index (κ1) is 25.7. The van der Waals surface area contributed by atoms with E-state index >= 15 is 0 Å². The second-order valence-corrected chi connectivity index (χ2v) is 5.28. The Labute approximate surface area is 181 Å². The van der Waals surface area contributed by atoms with Crippen molar-refractivity contribution in [3.8, 4) is 5.88 Å². The number of imidazole rings is 1. The minimum Gasteiger partial charge on any atom is -0.857 e. The van der Waals surface area contributed by atoms with Crippen molar-refractivity contribution in [2.24, 2.45) is 14.1 Å². The molecule has 5 N–H and O–H groups in total. The summed E-state index contributed by atoms with van der Waals surface area (Å²) in [4.78, 5) is 28.3. The fourth-order valence-corrected chi connectivity index (χ4v) is 1.88. The first-order valence-corrected chi connectivity index (χ1v) is 7.11. The van der Waals surface area contributed by atoms with Crippen LogP contribution in [0.3, 0.4) is 0 Å². The van der Waals surface area contributed by atoms with Crippen LogP contribution in [0.15, 0.2) is 11.1 Å². The van der Waals surface area contributed by atoms with Crippen LogP contribution >= 0.6 is 0 Å². The van der Waals surface area contributed by atoms with Crippen LogP contribution in [0.2, 0.25) is 0 Å². The molecule has 0 aliphatic carbocycles. The molecule has 2 rings (SSSR count). The zero-order valence-corrected chi connectivity index (χ0v) is 16.7. The molecule has 0 radical (unpaired) electrons. The third-order valence-electron chi connectivity index (χ3n) is 3.42. The zero-order chi connectivity index (χ0) is 20.2. The molecule has 0 unspecified atom stereocenters. The van der Waals surface area contributed by atoms with Crippen LogP contribution in [0.5, 0.6) is 5.88 Å². The van der Waals surface area contributed by atoms with Crippen molar-refractivity contribution >= 4 is 54.9 Å². The number of carbonyl (C=O) groups excluding carboxylic acids is 1. The van der Waals surface area contributed by atoms with E-state index in [2.05, 4.69) is 9.97 Å². The molecule has 0 fully saturated rings. The first-order valence-electron chi connectivity index (χ1n) is 7.11. The Hall–Kier alpha value is -1.32. The number of aliphatic hydroxyl groups excluding tert-OH is 5. The van der Waals surface area contributed by atoms with Gasteiger partial charge < -0.3 is 45.1 Å². The van der Waals surface area contributed by atoms with E-state index in [1.165, 1.54) is 17.9 Å². The summed E-state index contributed by atoms with van der Waals surface area (Å²) in [5.74, 6) is -2.50. The van der Waals surface area contributed by atoms with Crippen molar-refractivity contribution in [1.29, 1.82) is 0 Å². The molecule has 0 aliphatic rings. The van der Waals surface area contributed by atoms with Gasteiger partial charge in [-0.1, -0.05) is 0 Å². The van der Waals surface area contributed by atoms with Gasteiger partial charge in [0.15, 0.2) is 5.65 Å². The number of aliphatic carboxylic acids is 1. The molecule has 13 nitrogen and oxygen atoms in total. The molecule has 0 saturated carbocycles. The van der Waals surface area contributed by atoms with E-state index in [0.717, 1.165) is 0 Å². The Bertz CT molecular complexity index is 824. The quantitative estimate of drug-likeness (QED) is 0.290. The average Bonchev–Trinajstić information content (AvgIpc) is 2.99. The summed E-state index contributed by atoms with van der Waals surface area (Å²) < 4.78 is 2.79. The smallest absolute Gasteiger partial charge is 0.857 e. The third-order valence-corrected chi connectivity index (χ3v) is 3.42. The van der Waals surface area contributed by atoms with E-state index in [9.17, 15) is 19.8 Å². The van der Waals surface area contributed by atoms with Crippen molar-refractivity contribution in [2.75, 3.05) is 6.61 Å². The largest absolute Gasteiger partial charge is 2.00 e. The summed E-state index contributed by atoms with van der Waals surface area (Å²) >= 11 is 0. The number of hydrogen-bond acceptors (Lipinski definition) is 11. The minimum absolute atomic E-state index is 0. The Morgan fingerprint density at radius 1 is 1.22 bits per heavy atom. The van der Waals surface area contributed by atoms with E-state index in [4.69, 9.17) is 25.5 Å². The monoisotopic (exact) mass is 414 g/mol. The molecule has 27 heavy (non-hydrogen) atoms. The van der Waals surface area contributed by atoms with Crippen molar-refractivity contribution in [3.05, 3.63) is 16.8 Å². The molecule has 0 spiro atoms. The van der Waals surface area contributed by atoms with E-state index in [0.29, 0.717) is 11.2 Å². The Morgan fingerprint density at radius 2 is 1.78 bits per heavy atom. The molecule has 4 atom stereocenters. The Kier molecular flexibility index (Phi) is 10.3. The molecule has 0 aromatic carbocycles. The molecule has 0 amide bonds. The van der Waals surface area contributed by atoms with Gasteiger partial charge in [0.2, 0.25) is 0 Å². The van der Waals surface area contributed by atoms with Crippen molar-refractivity contribution in [2.45, 2.75) is 24.4 Å². The summed E-state index contributed by atoms with van der Waals surface area (Å²) in [6.07, 6.45) is -6.60. The fraction of sp³-hybridized carbons (Fsp3) is 0.538. The molecule has 0 aliphatic heterocycles. The maximum absolute atomic E-state index is 11.2. The summed E-state index contributed by atoms with van der Waals surface area (Å²) in [5.41, 5.74) is 0.144. The molecule has 146 valence electrons. The van der Waals surface area contributed by atoms with Gasteiger partial charge in [-0.15, -0.1) is 0 Å². The van der Waals surface area contributed by atoms with E-state index < -0.39 is 48.6 Å². The van der Waals surface area contributed by atoms with Crippen LogP contribution < -0.4 is 15.9 Å². The number of hydrogen-bond donors (Lipinski definition) is 5. The molecule has 0 saturated heterocycles. The Morgan fingerprint density at radius 3 is 2.26 bits per heavy atom. The number of carbonyl (C=O) groups is 1. The zero-order valence-electron chi connectivity index (χ0n) is 14.5. The molecular formula is C13H18CaN4O9. The van der Waals surface area contributed by atoms with Crippen LogP contribution in [0.4, 0.5) is 0 Å². The Balaban J connectivity index is 0.000000483. The molecule has 14 heteroatoms. The number of carboxylic acids is 1. The minimum atomic E-state index is -2.31. The standard InChI is InChI=1S/C7H8N4O2.C6H12O7.Ca/c1-10-3-8-5-4(10)6(12)9-7(13)11(5)2;7-1-2(8)3(9)4(10)5(11)6(12)13;/h3H,1-2H3,(H,9,12,13);2-5,7-11H,1H2,(H,12,13);/q;;+2/p-2/t;2-,3-,4+,5-;/m.1./s1. The number of rotatable bonds is 5. The van der Waals surface area contributed by atoms with Crippen molar-refractivity contribution in [1.82, 2.24) is 19.1 Å². The number of fused-ring (bicyclic) bond motifs is 1. The molecule has 2 aromatic heterocycles. The average molecular weight is 414 g/mol. The van der Waals surface area contributed by atoms with Gasteiger partial charge in [-0.2, -0.15) is 0 Å². The normalized spacial score (nSPS) is 15.1. The van der Waals surface area contributed by atoms with Crippen molar-refractivity contribution < 1.29 is 40.5 Å². The van der Waals surface area contributed by atoms with Gasteiger partial charge in [-0.05, 0) is 0 Å². The number of aryl methyl sites for hydroxylation is 2. The summed E-state index contributed by atoms with van der Waals surface area (Å²) in [5, 5.41) is 64.7. The molecule has 2 heterocycles. The van der Waals surface area contributed by atoms with Gasteiger partial charge in [-0.25, -0.2) is 14.8 Å². The van der Waals surface area contributed by atoms with Crippen LogP contribution in [-0.4, -0.2) is 119 Å². The van der Waals surface area contributed by atoms with Crippen LogP contribution in [0.25, 0.3) is 11.2 Å². The second kappa shape index (κ2) is 10.9. The SMILES string of the molecule is Cn1cnc2c1c([O-])nc(=O)n2C.O=C([O-])[C@H](O)[C@@H](O)[C@H](O)[C@H](O)CO.[Ca+2]. The maximum Gasteiger partial charge on any atom is 2.00 e. The first-order chi connectivity index (χ1) is 12.0. The van der Waals surface area contributed by atoms with Gasteiger partial charge in [0, 0.05) is 20.0 Å². The molecular weight excluding hydrogens is 396 g/mol. The van der Waals surface area contributed by atoms with Gasteiger partial charge in [0.1, 0.15) is 24.4 Å². The summed E-state index contributed by atoms with van der Waals surface area (Å²) in [6.45, 7) is -0.863. The number of carboxylic acid groups (broad SMARTS) is 1. The van der Waals surface area contributed by atoms with Gasteiger partial charge in [0.05, 0.1) is 24.4 Å². The van der Waals surface area contributed by atoms with E-state index in [-0.39, 0.29) is 37.7 Å². The second-order valence-electron chi connectivity index (χ2n) is 5.28.